The van der Waals surface area contributed by atoms with Crippen LogP contribution >= 0.6 is 23.4 Å². The Morgan fingerprint density at radius 3 is 3.00 bits per heavy atom. The molecule has 0 aromatic carbocycles. The molecule has 2 rings (SSSR count). The molecule has 1 aliphatic rings. The summed E-state index contributed by atoms with van der Waals surface area (Å²) in [7, 11) is 0. The standard InChI is InChI=1S/C9H11ClN2OS/c1-9(5-14-6-9)4-12-3-7(10)2-11-8(12)13/h2-3H,4-6H2,1H3. The summed E-state index contributed by atoms with van der Waals surface area (Å²) in [5, 5.41) is 0.514. The third-order valence-corrected chi connectivity index (χ3v) is 4.27. The minimum absolute atomic E-state index is 0.215. The van der Waals surface area contributed by atoms with E-state index < -0.39 is 0 Å². The first-order chi connectivity index (χ1) is 6.59. The molecule has 1 fully saturated rings. The zero-order valence-corrected chi connectivity index (χ0v) is 9.44. The van der Waals surface area contributed by atoms with Crippen LogP contribution in [0.25, 0.3) is 0 Å². The summed E-state index contributed by atoms with van der Waals surface area (Å²) in [6.45, 7) is 2.89. The van der Waals surface area contributed by atoms with Crippen LogP contribution in [0, 0.1) is 5.41 Å². The van der Waals surface area contributed by atoms with E-state index in [1.165, 1.54) is 6.20 Å². The SMILES string of the molecule is CC1(Cn2cc(Cl)cnc2=O)CSC1. The molecule has 1 aliphatic heterocycles. The van der Waals surface area contributed by atoms with Crippen LogP contribution in [-0.4, -0.2) is 21.1 Å². The number of rotatable bonds is 2. The van der Waals surface area contributed by atoms with Gasteiger partial charge in [0.05, 0.1) is 11.2 Å². The van der Waals surface area contributed by atoms with E-state index in [0.717, 1.165) is 11.5 Å². The molecule has 0 radical (unpaired) electrons. The number of hydrogen-bond acceptors (Lipinski definition) is 3. The summed E-state index contributed by atoms with van der Waals surface area (Å²) >= 11 is 7.68. The van der Waals surface area contributed by atoms with Crippen molar-refractivity contribution in [3.05, 3.63) is 27.9 Å². The Hall–Kier alpha value is -0.480. The quantitative estimate of drug-likeness (QED) is 0.775. The van der Waals surface area contributed by atoms with Crippen molar-refractivity contribution in [2.45, 2.75) is 13.5 Å². The molecule has 0 unspecified atom stereocenters. The summed E-state index contributed by atoms with van der Waals surface area (Å²) < 4.78 is 1.60. The monoisotopic (exact) mass is 230 g/mol. The van der Waals surface area contributed by atoms with Crippen molar-refractivity contribution in [1.82, 2.24) is 9.55 Å². The van der Waals surface area contributed by atoms with E-state index in [1.807, 2.05) is 11.8 Å². The van der Waals surface area contributed by atoms with Crippen LogP contribution in [0.1, 0.15) is 6.92 Å². The van der Waals surface area contributed by atoms with Gasteiger partial charge in [-0.3, -0.25) is 4.57 Å². The highest BCUT2D eigenvalue weighted by molar-refractivity contribution is 8.00. The Balaban J connectivity index is 2.23. The molecule has 0 N–H and O–H groups in total. The summed E-state index contributed by atoms with van der Waals surface area (Å²) in [6, 6.07) is 0. The van der Waals surface area contributed by atoms with Gasteiger partial charge in [0.15, 0.2) is 0 Å². The van der Waals surface area contributed by atoms with Crippen LogP contribution in [0.15, 0.2) is 17.2 Å². The summed E-state index contributed by atoms with van der Waals surface area (Å²) in [6.07, 6.45) is 3.05. The molecular formula is C9H11ClN2OS. The van der Waals surface area contributed by atoms with Crippen LogP contribution in [0.2, 0.25) is 5.02 Å². The molecule has 1 aromatic rings. The van der Waals surface area contributed by atoms with Gasteiger partial charge in [0.1, 0.15) is 0 Å². The molecule has 76 valence electrons. The lowest BCUT2D eigenvalue weighted by atomic mass is 9.95. The maximum atomic E-state index is 11.4. The summed E-state index contributed by atoms with van der Waals surface area (Å²) in [5.41, 5.74) is 0.0217. The first-order valence-corrected chi connectivity index (χ1v) is 5.92. The van der Waals surface area contributed by atoms with E-state index in [2.05, 4.69) is 11.9 Å². The van der Waals surface area contributed by atoms with Crippen LogP contribution in [0.3, 0.4) is 0 Å². The van der Waals surface area contributed by atoms with E-state index in [9.17, 15) is 4.79 Å². The molecule has 0 atom stereocenters. The van der Waals surface area contributed by atoms with Crippen LogP contribution in [0.4, 0.5) is 0 Å². The van der Waals surface area contributed by atoms with Gasteiger partial charge in [0.25, 0.3) is 0 Å². The van der Waals surface area contributed by atoms with Gasteiger partial charge in [0, 0.05) is 29.7 Å². The number of thioether (sulfide) groups is 1. The number of aromatic nitrogens is 2. The maximum absolute atomic E-state index is 11.4. The van der Waals surface area contributed by atoms with Gasteiger partial charge in [0.2, 0.25) is 0 Å². The minimum Gasteiger partial charge on any atom is -0.297 e. The van der Waals surface area contributed by atoms with Gasteiger partial charge < -0.3 is 0 Å². The van der Waals surface area contributed by atoms with E-state index in [-0.39, 0.29) is 11.1 Å². The highest BCUT2D eigenvalue weighted by Gasteiger charge is 2.33. The van der Waals surface area contributed by atoms with E-state index >= 15 is 0 Å². The summed E-state index contributed by atoms with van der Waals surface area (Å²) in [4.78, 5) is 15.1. The molecular weight excluding hydrogens is 220 g/mol. The topological polar surface area (TPSA) is 34.9 Å². The Morgan fingerprint density at radius 1 is 1.71 bits per heavy atom. The second kappa shape index (κ2) is 3.59. The highest BCUT2D eigenvalue weighted by Crippen LogP contribution is 2.38. The second-order valence-electron chi connectivity index (χ2n) is 3.99. The largest absolute Gasteiger partial charge is 0.347 e. The van der Waals surface area contributed by atoms with Crippen LogP contribution < -0.4 is 5.69 Å². The van der Waals surface area contributed by atoms with E-state index in [0.29, 0.717) is 11.6 Å². The van der Waals surface area contributed by atoms with Crippen LogP contribution in [0.5, 0.6) is 0 Å². The molecule has 1 saturated heterocycles. The third kappa shape index (κ3) is 1.96. The van der Waals surface area contributed by atoms with Gasteiger partial charge in [-0.05, 0) is 0 Å². The van der Waals surface area contributed by atoms with Crippen molar-refractivity contribution in [2.24, 2.45) is 5.41 Å². The number of nitrogens with zero attached hydrogens (tertiary/aromatic N) is 2. The van der Waals surface area contributed by atoms with Crippen LogP contribution in [-0.2, 0) is 6.54 Å². The Kier molecular flexibility index (Phi) is 2.58. The maximum Gasteiger partial charge on any atom is 0.347 e. The fourth-order valence-electron chi connectivity index (χ4n) is 1.49. The van der Waals surface area contributed by atoms with Gasteiger partial charge in [-0.15, -0.1) is 0 Å². The van der Waals surface area contributed by atoms with Crippen molar-refractivity contribution in [3.63, 3.8) is 0 Å². The predicted molar refractivity (Wildman–Crippen MR) is 58.9 cm³/mol. The molecule has 0 spiro atoms. The fraction of sp³-hybridized carbons (Fsp3) is 0.556. The molecule has 0 amide bonds. The van der Waals surface area contributed by atoms with Crippen molar-refractivity contribution in [3.8, 4) is 0 Å². The normalized spacial score (nSPS) is 19.0. The fourth-order valence-corrected chi connectivity index (χ4v) is 2.75. The average molecular weight is 231 g/mol. The first-order valence-electron chi connectivity index (χ1n) is 4.39. The second-order valence-corrected chi connectivity index (χ2v) is 5.41. The molecule has 0 aliphatic carbocycles. The van der Waals surface area contributed by atoms with Crippen molar-refractivity contribution in [2.75, 3.05) is 11.5 Å². The van der Waals surface area contributed by atoms with Gasteiger partial charge in [-0.2, -0.15) is 11.8 Å². The summed E-state index contributed by atoms with van der Waals surface area (Å²) in [5.74, 6) is 2.21. The predicted octanol–water partition coefficient (Wildman–Crippen LogP) is 1.65. The van der Waals surface area contributed by atoms with Gasteiger partial charge in [-0.25, -0.2) is 9.78 Å². The molecule has 1 aromatic heterocycles. The van der Waals surface area contributed by atoms with Gasteiger partial charge >= 0.3 is 5.69 Å². The lowest BCUT2D eigenvalue weighted by molar-refractivity contribution is 0.331. The minimum atomic E-state index is -0.215. The van der Waals surface area contributed by atoms with Crippen molar-refractivity contribution in [1.29, 1.82) is 0 Å². The van der Waals surface area contributed by atoms with Crippen molar-refractivity contribution >= 4 is 23.4 Å². The third-order valence-electron chi connectivity index (χ3n) is 2.28. The molecule has 0 saturated carbocycles. The lowest BCUT2D eigenvalue weighted by Crippen LogP contribution is -2.40. The Morgan fingerprint density at radius 2 is 2.43 bits per heavy atom. The number of halogens is 1. The molecule has 0 bridgehead atoms. The Bertz CT molecular complexity index is 400. The smallest absolute Gasteiger partial charge is 0.297 e. The Labute approximate surface area is 91.5 Å². The zero-order chi connectivity index (χ0) is 10.2. The molecule has 3 nitrogen and oxygen atoms in total. The lowest BCUT2D eigenvalue weighted by Gasteiger charge is -2.37. The highest BCUT2D eigenvalue weighted by atomic mass is 35.5. The first kappa shape index (κ1) is 10.1. The average Bonchev–Trinajstić information content (AvgIpc) is 2.09. The van der Waals surface area contributed by atoms with Crippen molar-refractivity contribution < 1.29 is 0 Å². The molecule has 2 heterocycles. The number of hydrogen-bond donors (Lipinski definition) is 0. The molecule has 14 heavy (non-hydrogen) atoms. The van der Waals surface area contributed by atoms with E-state index in [1.54, 1.807) is 10.8 Å². The van der Waals surface area contributed by atoms with E-state index in [4.69, 9.17) is 11.6 Å². The zero-order valence-electron chi connectivity index (χ0n) is 7.86. The van der Waals surface area contributed by atoms with Gasteiger partial charge in [-0.1, -0.05) is 18.5 Å². The molecule has 5 heteroatoms.